The quantitative estimate of drug-likeness (QED) is 0.193. The molecule has 5 heteroatoms. The van der Waals surface area contributed by atoms with Crippen molar-refractivity contribution in [3.05, 3.63) is 0 Å². The van der Waals surface area contributed by atoms with Crippen molar-refractivity contribution in [2.75, 3.05) is 26.4 Å². The second-order valence-electron chi connectivity index (χ2n) is 7.84. The van der Waals surface area contributed by atoms with E-state index in [1.807, 2.05) is 0 Å². The van der Waals surface area contributed by atoms with Crippen LogP contribution >= 0.6 is 0 Å². The number of carbonyl (C=O) groups excluding carboxylic acids is 1. The molecule has 0 saturated carbocycles. The van der Waals surface area contributed by atoms with Crippen LogP contribution in [0.25, 0.3) is 0 Å². The predicted molar refractivity (Wildman–Crippen MR) is 114 cm³/mol. The number of unbranched alkanes of at least 4 members (excludes halogenated alkanes) is 14. The molecule has 1 atom stereocenters. The van der Waals surface area contributed by atoms with Crippen LogP contribution in [0.3, 0.4) is 0 Å². The summed E-state index contributed by atoms with van der Waals surface area (Å²) >= 11 is 0. The van der Waals surface area contributed by atoms with E-state index in [2.05, 4.69) is 6.92 Å². The molecular weight excluding hydrogens is 356 g/mol. The summed E-state index contributed by atoms with van der Waals surface area (Å²) in [7, 11) is 0. The molecule has 0 aliphatic rings. The van der Waals surface area contributed by atoms with Gasteiger partial charge < -0.3 is 19.7 Å². The molecule has 168 valence electrons. The molecule has 0 saturated heterocycles. The first-order valence-electron chi connectivity index (χ1n) is 11.7. The Balaban J connectivity index is 3.21. The zero-order valence-corrected chi connectivity index (χ0v) is 18.3. The van der Waals surface area contributed by atoms with Gasteiger partial charge in [0, 0.05) is 6.42 Å². The van der Waals surface area contributed by atoms with Gasteiger partial charge in [-0.15, -0.1) is 0 Å². The van der Waals surface area contributed by atoms with Crippen molar-refractivity contribution in [3.63, 3.8) is 0 Å². The molecule has 0 aromatic rings. The molecule has 0 bridgehead atoms. The van der Waals surface area contributed by atoms with Crippen LogP contribution in [0.15, 0.2) is 0 Å². The second-order valence-corrected chi connectivity index (χ2v) is 7.84. The molecular formula is C23H46O5. The van der Waals surface area contributed by atoms with E-state index in [4.69, 9.17) is 14.6 Å². The van der Waals surface area contributed by atoms with Gasteiger partial charge in [0.25, 0.3) is 0 Å². The largest absolute Gasteiger partial charge is 0.463 e. The Morgan fingerprint density at radius 1 is 0.750 bits per heavy atom. The lowest BCUT2D eigenvalue weighted by Crippen LogP contribution is -2.24. The number of aliphatic hydroxyl groups is 2. The van der Waals surface area contributed by atoms with Crippen LogP contribution in [0, 0.1) is 0 Å². The summed E-state index contributed by atoms with van der Waals surface area (Å²) in [6, 6.07) is 0. The number of esters is 1. The van der Waals surface area contributed by atoms with E-state index in [9.17, 15) is 9.90 Å². The summed E-state index contributed by atoms with van der Waals surface area (Å²) in [5, 5.41) is 18.1. The lowest BCUT2D eigenvalue weighted by atomic mass is 10.0. The molecule has 5 nitrogen and oxygen atoms in total. The van der Waals surface area contributed by atoms with E-state index in [-0.39, 0.29) is 32.4 Å². The van der Waals surface area contributed by atoms with Gasteiger partial charge in [0.1, 0.15) is 12.7 Å². The Kier molecular flexibility index (Phi) is 22.1. The first-order valence-corrected chi connectivity index (χ1v) is 11.7. The lowest BCUT2D eigenvalue weighted by molar-refractivity contribution is -0.148. The molecule has 1 unspecified atom stereocenters. The molecule has 0 radical (unpaired) electrons. The van der Waals surface area contributed by atoms with E-state index < -0.39 is 6.10 Å². The number of aliphatic hydroxyl groups excluding tert-OH is 2. The zero-order valence-electron chi connectivity index (χ0n) is 18.3. The molecule has 2 N–H and O–H groups in total. The highest BCUT2D eigenvalue weighted by atomic mass is 16.5. The summed E-state index contributed by atoms with van der Waals surface area (Å²) < 4.78 is 10.00. The van der Waals surface area contributed by atoms with Gasteiger partial charge in [0.15, 0.2) is 0 Å². The summed E-state index contributed by atoms with van der Waals surface area (Å²) in [6.45, 7) is 2.41. The number of carbonyl (C=O) groups is 1. The standard InChI is InChI=1S/C23H46O5/c1-2-3-4-5-6-7-8-9-10-11-12-13-14-15-16-17-23(26)28-21-22(25)20-27-19-18-24/h22,24-25H,2-21H2,1H3. The van der Waals surface area contributed by atoms with Crippen LogP contribution < -0.4 is 0 Å². The highest BCUT2D eigenvalue weighted by Crippen LogP contribution is 2.13. The van der Waals surface area contributed by atoms with E-state index in [1.54, 1.807) is 0 Å². The fourth-order valence-corrected chi connectivity index (χ4v) is 3.23. The van der Waals surface area contributed by atoms with Crippen LogP contribution in [0.2, 0.25) is 0 Å². The van der Waals surface area contributed by atoms with Crippen molar-refractivity contribution in [1.29, 1.82) is 0 Å². The van der Waals surface area contributed by atoms with Crippen molar-refractivity contribution >= 4 is 5.97 Å². The summed E-state index contributed by atoms with van der Waals surface area (Å²) in [5.41, 5.74) is 0. The summed E-state index contributed by atoms with van der Waals surface area (Å²) in [4.78, 5) is 11.6. The van der Waals surface area contributed by atoms with E-state index in [0.717, 1.165) is 12.8 Å². The van der Waals surface area contributed by atoms with Crippen LogP contribution in [0.5, 0.6) is 0 Å². The van der Waals surface area contributed by atoms with Gasteiger partial charge in [-0.05, 0) is 6.42 Å². The summed E-state index contributed by atoms with van der Waals surface area (Å²) in [6.07, 6.45) is 19.1. The molecule has 0 amide bonds. The maximum absolute atomic E-state index is 11.6. The van der Waals surface area contributed by atoms with Crippen LogP contribution in [-0.4, -0.2) is 48.7 Å². The topological polar surface area (TPSA) is 76.0 Å². The molecule has 0 aromatic carbocycles. The van der Waals surface area contributed by atoms with Crippen molar-refractivity contribution in [3.8, 4) is 0 Å². The number of hydrogen-bond acceptors (Lipinski definition) is 5. The third kappa shape index (κ3) is 21.6. The first kappa shape index (κ1) is 27.4. The summed E-state index contributed by atoms with van der Waals surface area (Å²) in [5.74, 6) is -0.254. The Bertz CT molecular complexity index is 322. The minimum atomic E-state index is -0.823. The minimum absolute atomic E-state index is 0.0387. The molecule has 0 aromatic heterocycles. The van der Waals surface area contributed by atoms with Gasteiger partial charge in [-0.25, -0.2) is 0 Å². The van der Waals surface area contributed by atoms with Gasteiger partial charge in [-0.2, -0.15) is 0 Å². The van der Waals surface area contributed by atoms with Gasteiger partial charge in [0.05, 0.1) is 19.8 Å². The molecule has 0 fully saturated rings. The third-order valence-electron chi connectivity index (χ3n) is 4.97. The third-order valence-corrected chi connectivity index (χ3v) is 4.97. The van der Waals surface area contributed by atoms with Crippen molar-refractivity contribution < 1.29 is 24.5 Å². The number of hydrogen-bond donors (Lipinski definition) is 2. The Hall–Kier alpha value is -0.650. The average molecular weight is 403 g/mol. The van der Waals surface area contributed by atoms with Gasteiger partial charge in [-0.1, -0.05) is 96.8 Å². The van der Waals surface area contributed by atoms with Crippen molar-refractivity contribution in [2.45, 2.75) is 116 Å². The Morgan fingerprint density at radius 3 is 1.68 bits per heavy atom. The number of rotatable bonds is 22. The Morgan fingerprint density at radius 2 is 1.21 bits per heavy atom. The smallest absolute Gasteiger partial charge is 0.305 e. The van der Waals surface area contributed by atoms with Crippen LogP contribution in [-0.2, 0) is 14.3 Å². The van der Waals surface area contributed by atoms with E-state index >= 15 is 0 Å². The van der Waals surface area contributed by atoms with Gasteiger partial charge >= 0.3 is 5.97 Å². The SMILES string of the molecule is CCCCCCCCCCCCCCCCCC(=O)OCC(O)COCCO. The fourth-order valence-electron chi connectivity index (χ4n) is 3.23. The molecule has 0 aliphatic carbocycles. The Labute approximate surface area is 173 Å². The second kappa shape index (κ2) is 22.6. The highest BCUT2D eigenvalue weighted by Gasteiger charge is 2.08. The minimum Gasteiger partial charge on any atom is -0.463 e. The first-order chi connectivity index (χ1) is 13.7. The average Bonchev–Trinajstić information content (AvgIpc) is 2.69. The monoisotopic (exact) mass is 402 g/mol. The van der Waals surface area contributed by atoms with Crippen molar-refractivity contribution in [2.24, 2.45) is 0 Å². The molecule has 0 spiro atoms. The van der Waals surface area contributed by atoms with E-state index in [0.29, 0.717) is 6.42 Å². The predicted octanol–water partition coefficient (Wildman–Crippen LogP) is 5.16. The lowest BCUT2D eigenvalue weighted by Gasteiger charge is -2.11. The molecule has 0 aliphatic heterocycles. The fraction of sp³-hybridized carbons (Fsp3) is 0.957. The van der Waals surface area contributed by atoms with Gasteiger partial charge in [0.2, 0.25) is 0 Å². The maximum atomic E-state index is 11.6. The van der Waals surface area contributed by atoms with Crippen LogP contribution in [0.1, 0.15) is 110 Å². The maximum Gasteiger partial charge on any atom is 0.305 e. The van der Waals surface area contributed by atoms with Crippen molar-refractivity contribution in [1.82, 2.24) is 0 Å². The molecule has 0 rings (SSSR count). The molecule has 28 heavy (non-hydrogen) atoms. The zero-order chi connectivity index (χ0) is 20.7. The van der Waals surface area contributed by atoms with E-state index in [1.165, 1.54) is 83.5 Å². The molecule has 0 heterocycles. The van der Waals surface area contributed by atoms with Crippen LogP contribution in [0.4, 0.5) is 0 Å². The number of ether oxygens (including phenoxy) is 2. The van der Waals surface area contributed by atoms with Gasteiger partial charge in [-0.3, -0.25) is 4.79 Å². The highest BCUT2D eigenvalue weighted by molar-refractivity contribution is 5.69. The normalized spacial score (nSPS) is 12.2.